The van der Waals surface area contributed by atoms with E-state index in [1.54, 1.807) is 23.9 Å². The number of halogens is 1. The molecule has 0 saturated heterocycles. The van der Waals surface area contributed by atoms with Gasteiger partial charge < -0.3 is 5.32 Å². The molecule has 0 aliphatic rings. The molecule has 110 valence electrons. The monoisotopic (exact) mass is 319 g/mol. The molecule has 1 amide bonds. The molecule has 2 aromatic carbocycles. The molecular formula is C17H18ClNOS. The van der Waals surface area contributed by atoms with E-state index < -0.39 is 0 Å². The molecule has 0 aliphatic carbocycles. The van der Waals surface area contributed by atoms with Gasteiger partial charge in [-0.25, -0.2) is 0 Å². The van der Waals surface area contributed by atoms with Gasteiger partial charge in [-0.1, -0.05) is 54.9 Å². The molecule has 0 aromatic heterocycles. The van der Waals surface area contributed by atoms with Gasteiger partial charge in [0.25, 0.3) is 0 Å². The number of hydrogen-bond acceptors (Lipinski definition) is 2. The summed E-state index contributed by atoms with van der Waals surface area (Å²) in [6.45, 7) is 2.03. The maximum Gasteiger partial charge on any atom is 0.237 e. The normalized spacial score (nSPS) is 11.9. The number of carbonyl (C=O) groups excluding carboxylic acids is 1. The van der Waals surface area contributed by atoms with Crippen molar-refractivity contribution in [1.82, 2.24) is 0 Å². The Balaban J connectivity index is 1.92. The van der Waals surface area contributed by atoms with Crippen LogP contribution in [0.25, 0.3) is 0 Å². The zero-order chi connectivity index (χ0) is 15.1. The van der Waals surface area contributed by atoms with Gasteiger partial charge in [-0.05, 0) is 30.2 Å². The van der Waals surface area contributed by atoms with Gasteiger partial charge in [-0.3, -0.25) is 4.79 Å². The second-order valence-electron chi connectivity index (χ2n) is 4.69. The number of carbonyl (C=O) groups is 1. The molecule has 0 saturated carbocycles. The molecule has 1 atom stereocenters. The smallest absolute Gasteiger partial charge is 0.237 e. The van der Waals surface area contributed by atoms with Crippen molar-refractivity contribution in [3.63, 3.8) is 0 Å². The number of rotatable bonds is 6. The lowest BCUT2D eigenvalue weighted by atomic mass is 10.2. The number of benzene rings is 2. The maximum atomic E-state index is 12.3. The van der Waals surface area contributed by atoms with Crippen molar-refractivity contribution in [2.75, 3.05) is 5.32 Å². The first-order valence-electron chi connectivity index (χ1n) is 6.91. The van der Waals surface area contributed by atoms with Gasteiger partial charge in [-0.15, -0.1) is 11.8 Å². The largest absolute Gasteiger partial charge is 0.325 e. The third-order valence-electron chi connectivity index (χ3n) is 3.05. The van der Waals surface area contributed by atoms with Crippen molar-refractivity contribution in [1.29, 1.82) is 0 Å². The number of nitrogens with one attached hydrogen (secondary N) is 1. The highest BCUT2D eigenvalue weighted by atomic mass is 35.5. The summed E-state index contributed by atoms with van der Waals surface area (Å²) in [4.78, 5) is 12.3. The maximum absolute atomic E-state index is 12.3. The lowest BCUT2D eigenvalue weighted by Gasteiger charge is -2.15. The molecule has 0 spiro atoms. The average Bonchev–Trinajstić information content (AvgIpc) is 2.49. The van der Waals surface area contributed by atoms with Crippen LogP contribution in [-0.2, 0) is 10.5 Å². The summed E-state index contributed by atoms with van der Waals surface area (Å²) >= 11 is 7.59. The Morgan fingerprint density at radius 2 is 1.95 bits per heavy atom. The van der Waals surface area contributed by atoms with Gasteiger partial charge in [0.1, 0.15) is 0 Å². The fourth-order valence-electron chi connectivity index (χ4n) is 1.94. The first-order valence-corrected chi connectivity index (χ1v) is 8.33. The van der Waals surface area contributed by atoms with Gasteiger partial charge >= 0.3 is 0 Å². The molecule has 2 aromatic rings. The number of hydrogen-bond donors (Lipinski definition) is 1. The van der Waals surface area contributed by atoms with Crippen LogP contribution in [0.4, 0.5) is 5.69 Å². The Kier molecular flexibility index (Phi) is 6.15. The molecule has 0 bridgehead atoms. The Labute approximate surface area is 134 Å². The van der Waals surface area contributed by atoms with E-state index in [2.05, 4.69) is 17.4 Å². The third-order valence-corrected chi connectivity index (χ3v) is 4.73. The SMILES string of the molecule is CCC(SCc1ccccc1)C(=O)Nc1cccc(Cl)c1. The molecule has 1 unspecified atom stereocenters. The van der Waals surface area contributed by atoms with Gasteiger partial charge in [0.15, 0.2) is 0 Å². The number of thioether (sulfide) groups is 1. The van der Waals surface area contributed by atoms with Crippen LogP contribution in [-0.4, -0.2) is 11.2 Å². The zero-order valence-corrected chi connectivity index (χ0v) is 13.5. The standard InChI is InChI=1S/C17H18ClNOS/c1-2-16(21-12-13-7-4-3-5-8-13)17(20)19-15-10-6-9-14(18)11-15/h3-11,16H,2,12H2,1H3,(H,19,20). The Morgan fingerprint density at radius 3 is 2.62 bits per heavy atom. The molecular weight excluding hydrogens is 302 g/mol. The van der Waals surface area contributed by atoms with Crippen molar-refractivity contribution in [2.45, 2.75) is 24.3 Å². The summed E-state index contributed by atoms with van der Waals surface area (Å²) in [7, 11) is 0. The van der Waals surface area contributed by atoms with Crippen molar-refractivity contribution in [2.24, 2.45) is 0 Å². The molecule has 2 nitrogen and oxygen atoms in total. The van der Waals surface area contributed by atoms with Crippen LogP contribution in [0.3, 0.4) is 0 Å². The minimum absolute atomic E-state index is 0.0284. The van der Waals surface area contributed by atoms with E-state index in [-0.39, 0.29) is 11.2 Å². The van der Waals surface area contributed by atoms with Crippen molar-refractivity contribution in [3.05, 3.63) is 65.2 Å². The van der Waals surface area contributed by atoms with E-state index in [9.17, 15) is 4.79 Å². The van der Waals surface area contributed by atoms with E-state index in [0.29, 0.717) is 5.02 Å². The quantitative estimate of drug-likeness (QED) is 0.812. The first-order chi connectivity index (χ1) is 10.2. The lowest BCUT2D eigenvalue weighted by molar-refractivity contribution is -0.115. The van der Waals surface area contributed by atoms with E-state index in [0.717, 1.165) is 17.9 Å². The molecule has 0 fully saturated rings. The summed E-state index contributed by atoms with van der Waals surface area (Å²) in [6.07, 6.45) is 0.796. The summed E-state index contributed by atoms with van der Waals surface area (Å²) < 4.78 is 0. The molecule has 1 N–H and O–H groups in total. The molecule has 4 heteroatoms. The minimum Gasteiger partial charge on any atom is -0.325 e. The second-order valence-corrected chi connectivity index (χ2v) is 6.32. The van der Waals surface area contributed by atoms with E-state index in [1.165, 1.54) is 5.56 Å². The van der Waals surface area contributed by atoms with Crippen molar-refractivity contribution >= 4 is 35.0 Å². The number of amides is 1. The van der Waals surface area contributed by atoms with Crippen LogP contribution >= 0.6 is 23.4 Å². The van der Waals surface area contributed by atoms with Crippen LogP contribution < -0.4 is 5.32 Å². The number of anilines is 1. The van der Waals surface area contributed by atoms with Crippen LogP contribution in [0.1, 0.15) is 18.9 Å². The summed E-state index contributed by atoms with van der Waals surface area (Å²) in [5.74, 6) is 0.864. The van der Waals surface area contributed by atoms with E-state index in [4.69, 9.17) is 11.6 Å². The van der Waals surface area contributed by atoms with Crippen LogP contribution in [0, 0.1) is 0 Å². The first kappa shape index (κ1) is 15.9. The van der Waals surface area contributed by atoms with Gasteiger partial charge in [0, 0.05) is 16.5 Å². The van der Waals surface area contributed by atoms with Crippen molar-refractivity contribution in [3.8, 4) is 0 Å². The van der Waals surface area contributed by atoms with Crippen LogP contribution in [0.15, 0.2) is 54.6 Å². The topological polar surface area (TPSA) is 29.1 Å². The van der Waals surface area contributed by atoms with Gasteiger partial charge in [0.2, 0.25) is 5.91 Å². The molecule has 0 heterocycles. The molecule has 0 aliphatic heterocycles. The van der Waals surface area contributed by atoms with Gasteiger partial charge in [0.05, 0.1) is 5.25 Å². The van der Waals surface area contributed by atoms with E-state index in [1.807, 2.05) is 37.3 Å². The van der Waals surface area contributed by atoms with Crippen LogP contribution in [0.2, 0.25) is 5.02 Å². The summed E-state index contributed by atoms with van der Waals surface area (Å²) in [5.41, 5.74) is 1.97. The van der Waals surface area contributed by atoms with Crippen molar-refractivity contribution < 1.29 is 4.79 Å². The van der Waals surface area contributed by atoms with Gasteiger partial charge in [-0.2, -0.15) is 0 Å². The highest BCUT2D eigenvalue weighted by molar-refractivity contribution is 7.99. The fourth-order valence-corrected chi connectivity index (χ4v) is 3.16. The summed E-state index contributed by atoms with van der Waals surface area (Å²) in [6, 6.07) is 17.4. The van der Waals surface area contributed by atoms with E-state index >= 15 is 0 Å². The second kappa shape index (κ2) is 8.11. The third kappa shape index (κ3) is 5.10. The molecule has 0 radical (unpaired) electrons. The minimum atomic E-state index is -0.0656. The summed E-state index contributed by atoms with van der Waals surface area (Å²) in [5, 5.41) is 3.48. The predicted octanol–water partition coefficient (Wildman–Crippen LogP) is 4.99. The Hall–Kier alpha value is -1.45. The Morgan fingerprint density at radius 1 is 1.19 bits per heavy atom. The highest BCUT2D eigenvalue weighted by Crippen LogP contribution is 2.22. The Bertz CT molecular complexity index is 588. The molecule has 21 heavy (non-hydrogen) atoms. The van der Waals surface area contributed by atoms with Crippen LogP contribution in [0.5, 0.6) is 0 Å². The highest BCUT2D eigenvalue weighted by Gasteiger charge is 2.17. The zero-order valence-electron chi connectivity index (χ0n) is 11.9. The predicted molar refractivity (Wildman–Crippen MR) is 91.9 cm³/mol. The fraction of sp³-hybridized carbons (Fsp3) is 0.235. The molecule has 2 rings (SSSR count). The lowest BCUT2D eigenvalue weighted by Crippen LogP contribution is -2.24. The average molecular weight is 320 g/mol.